The van der Waals surface area contributed by atoms with Gasteiger partial charge in [-0.2, -0.15) is 0 Å². The number of nitrogens with one attached hydrogen (secondary N) is 2. The third kappa shape index (κ3) is 4.04. The normalized spacial score (nSPS) is 10.5. The molecule has 6 heteroatoms. The summed E-state index contributed by atoms with van der Waals surface area (Å²) >= 11 is 0. The molecule has 1 aromatic heterocycles. The number of benzene rings is 2. The largest absolute Gasteiger partial charge is 0.380 e. The smallest absolute Gasteiger partial charge is 0.256 e. The molecule has 0 atom stereocenters. The minimum atomic E-state index is -0.201. The number of aromatic amines is 1. The molecule has 0 radical (unpaired) electrons. The van der Waals surface area contributed by atoms with Crippen LogP contribution in [0.3, 0.4) is 0 Å². The number of rotatable bonds is 5. The molecule has 3 rings (SSSR count). The maximum absolute atomic E-state index is 12.5. The van der Waals surface area contributed by atoms with Gasteiger partial charge in [-0.1, -0.05) is 18.2 Å². The third-order valence-electron chi connectivity index (χ3n) is 3.85. The van der Waals surface area contributed by atoms with Gasteiger partial charge in [0.25, 0.3) is 11.5 Å². The number of hydrogen-bond acceptors (Lipinski definition) is 4. The Morgan fingerprint density at radius 3 is 2.58 bits per heavy atom. The summed E-state index contributed by atoms with van der Waals surface area (Å²) in [5, 5.41) is 2.87. The Kier molecular flexibility index (Phi) is 5.24. The molecule has 0 saturated heterocycles. The number of H-pyrrole nitrogens is 1. The second-order valence-corrected chi connectivity index (χ2v) is 5.86. The fourth-order valence-electron chi connectivity index (χ4n) is 2.65. The van der Waals surface area contributed by atoms with Crippen molar-refractivity contribution in [2.24, 2.45) is 0 Å². The molecule has 3 aromatic rings. The van der Waals surface area contributed by atoms with Crippen molar-refractivity contribution < 1.29 is 9.53 Å². The number of nitrogens with zero attached hydrogens (tertiary/aromatic N) is 1. The predicted molar refractivity (Wildman–Crippen MR) is 100 cm³/mol. The van der Waals surface area contributed by atoms with E-state index in [0.29, 0.717) is 29.4 Å². The number of methoxy groups -OCH3 is 1. The van der Waals surface area contributed by atoms with Crippen LogP contribution < -0.4 is 10.9 Å². The Bertz CT molecular complexity index is 978. The summed E-state index contributed by atoms with van der Waals surface area (Å²) in [5.74, 6) is 0.297. The molecule has 0 aliphatic rings. The standard InChI is InChI=1S/C20H19N3O3/c1-13-11-18(24)23-19(21-13)14-7-9-16(10-8-14)22-20(25)17-6-4-3-5-15(17)12-26-2/h3-11H,12H2,1-2H3,(H,22,25)(H,21,23,24). The number of carbonyl (C=O) groups is 1. The van der Waals surface area contributed by atoms with Gasteiger partial charge in [0.2, 0.25) is 0 Å². The highest BCUT2D eigenvalue weighted by molar-refractivity contribution is 6.05. The summed E-state index contributed by atoms with van der Waals surface area (Å²) in [6.07, 6.45) is 0. The Hall–Kier alpha value is -3.25. The molecule has 0 unspecified atom stereocenters. The van der Waals surface area contributed by atoms with Gasteiger partial charge in [-0.3, -0.25) is 9.59 Å². The molecule has 0 spiro atoms. The van der Waals surface area contributed by atoms with E-state index in [0.717, 1.165) is 11.1 Å². The maximum Gasteiger partial charge on any atom is 0.256 e. The zero-order chi connectivity index (χ0) is 18.5. The average Bonchev–Trinajstić information content (AvgIpc) is 2.62. The van der Waals surface area contributed by atoms with E-state index < -0.39 is 0 Å². The van der Waals surface area contributed by atoms with Gasteiger partial charge in [0, 0.05) is 35.7 Å². The molecule has 0 fully saturated rings. The summed E-state index contributed by atoms with van der Waals surface area (Å²) in [6.45, 7) is 2.14. The number of amides is 1. The van der Waals surface area contributed by atoms with Crippen LogP contribution in [0.5, 0.6) is 0 Å². The van der Waals surface area contributed by atoms with Crippen molar-refractivity contribution in [2.45, 2.75) is 13.5 Å². The third-order valence-corrected chi connectivity index (χ3v) is 3.85. The highest BCUT2D eigenvalue weighted by atomic mass is 16.5. The molecule has 0 aliphatic carbocycles. The number of carbonyl (C=O) groups excluding carboxylic acids is 1. The summed E-state index contributed by atoms with van der Waals surface area (Å²) in [5.41, 5.74) is 3.27. The molecule has 2 N–H and O–H groups in total. The average molecular weight is 349 g/mol. The number of aryl methyl sites for hydroxylation is 1. The van der Waals surface area contributed by atoms with Crippen LogP contribution in [0, 0.1) is 6.92 Å². The summed E-state index contributed by atoms with van der Waals surface area (Å²) in [6, 6.07) is 15.9. The van der Waals surface area contributed by atoms with Crippen molar-refractivity contribution in [1.82, 2.24) is 9.97 Å². The molecule has 6 nitrogen and oxygen atoms in total. The van der Waals surface area contributed by atoms with Crippen LogP contribution in [0.25, 0.3) is 11.4 Å². The van der Waals surface area contributed by atoms with Crippen molar-refractivity contribution in [1.29, 1.82) is 0 Å². The van der Waals surface area contributed by atoms with E-state index in [1.807, 2.05) is 18.2 Å². The molecule has 1 amide bonds. The zero-order valence-corrected chi connectivity index (χ0v) is 14.6. The van der Waals surface area contributed by atoms with Crippen molar-refractivity contribution in [3.8, 4) is 11.4 Å². The molecule has 132 valence electrons. The van der Waals surface area contributed by atoms with Crippen LogP contribution in [0.2, 0.25) is 0 Å². The van der Waals surface area contributed by atoms with Crippen molar-refractivity contribution in [3.63, 3.8) is 0 Å². The first-order valence-corrected chi connectivity index (χ1v) is 8.13. The van der Waals surface area contributed by atoms with Crippen LogP contribution in [-0.4, -0.2) is 23.0 Å². The van der Waals surface area contributed by atoms with Gasteiger partial charge < -0.3 is 15.0 Å². The molecule has 1 heterocycles. The van der Waals surface area contributed by atoms with Crippen molar-refractivity contribution in [2.75, 3.05) is 12.4 Å². The summed E-state index contributed by atoms with van der Waals surface area (Å²) in [4.78, 5) is 31.1. The predicted octanol–water partition coefficient (Wildman–Crippen LogP) is 3.14. The van der Waals surface area contributed by atoms with Gasteiger partial charge in [0.15, 0.2) is 0 Å². The van der Waals surface area contributed by atoms with Gasteiger partial charge >= 0.3 is 0 Å². The van der Waals surface area contributed by atoms with E-state index in [2.05, 4.69) is 15.3 Å². The van der Waals surface area contributed by atoms with Gasteiger partial charge in [-0.15, -0.1) is 0 Å². The van der Waals surface area contributed by atoms with E-state index in [4.69, 9.17) is 4.74 Å². The molecular formula is C20H19N3O3. The molecule has 0 aliphatic heterocycles. The first-order chi connectivity index (χ1) is 12.6. The Balaban J connectivity index is 1.79. The lowest BCUT2D eigenvalue weighted by molar-refractivity contribution is 0.102. The van der Waals surface area contributed by atoms with Gasteiger partial charge in [0.1, 0.15) is 5.82 Å². The lowest BCUT2D eigenvalue weighted by Crippen LogP contribution is -2.14. The van der Waals surface area contributed by atoms with Gasteiger partial charge in [-0.25, -0.2) is 4.98 Å². The first kappa shape index (κ1) is 17.6. The molecule has 0 bridgehead atoms. The maximum atomic E-state index is 12.5. The number of ether oxygens (including phenoxy) is 1. The van der Waals surface area contributed by atoms with Crippen LogP contribution in [0.4, 0.5) is 5.69 Å². The molecule has 2 aromatic carbocycles. The highest BCUT2D eigenvalue weighted by Crippen LogP contribution is 2.19. The number of anilines is 1. The minimum absolute atomic E-state index is 0.195. The topological polar surface area (TPSA) is 84.1 Å². The van der Waals surface area contributed by atoms with Crippen LogP contribution >= 0.6 is 0 Å². The fraction of sp³-hybridized carbons (Fsp3) is 0.150. The first-order valence-electron chi connectivity index (χ1n) is 8.13. The van der Waals surface area contributed by atoms with E-state index >= 15 is 0 Å². The second-order valence-electron chi connectivity index (χ2n) is 5.86. The van der Waals surface area contributed by atoms with Crippen LogP contribution in [0.1, 0.15) is 21.6 Å². The Morgan fingerprint density at radius 1 is 1.15 bits per heavy atom. The van der Waals surface area contributed by atoms with Crippen molar-refractivity contribution in [3.05, 3.63) is 81.8 Å². The SMILES string of the molecule is COCc1ccccc1C(=O)Nc1ccc(-c2nc(C)cc(=O)[nH]2)cc1. The Labute approximate surface area is 150 Å². The summed E-state index contributed by atoms with van der Waals surface area (Å²) in [7, 11) is 1.59. The second kappa shape index (κ2) is 7.76. The van der Waals surface area contributed by atoms with Gasteiger partial charge in [0.05, 0.1) is 6.61 Å². The number of aromatic nitrogens is 2. The van der Waals surface area contributed by atoms with Crippen molar-refractivity contribution >= 4 is 11.6 Å². The monoisotopic (exact) mass is 349 g/mol. The minimum Gasteiger partial charge on any atom is -0.380 e. The quantitative estimate of drug-likeness (QED) is 0.741. The molecule has 0 saturated carbocycles. The Morgan fingerprint density at radius 2 is 1.88 bits per heavy atom. The zero-order valence-electron chi connectivity index (χ0n) is 14.6. The lowest BCUT2D eigenvalue weighted by Gasteiger charge is -2.10. The van der Waals surface area contributed by atoms with E-state index in [1.165, 1.54) is 6.07 Å². The van der Waals surface area contributed by atoms with Gasteiger partial charge in [-0.05, 0) is 42.8 Å². The van der Waals surface area contributed by atoms with E-state index in [1.54, 1.807) is 44.4 Å². The van der Waals surface area contributed by atoms with Crippen LogP contribution in [0.15, 0.2) is 59.4 Å². The van der Waals surface area contributed by atoms with Crippen LogP contribution in [-0.2, 0) is 11.3 Å². The number of hydrogen-bond donors (Lipinski definition) is 2. The highest BCUT2D eigenvalue weighted by Gasteiger charge is 2.11. The lowest BCUT2D eigenvalue weighted by atomic mass is 10.1. The summed E-state index contributed by atoms with van der Waals surface area (Å²) < 4.78 is 5.14. The van der Waals surface area contributed by atoms with E-state index in [9.17, 15) is 9.59 Å². The fourth-order valence-corrected chi connectivity index (χ4v) is 2.65. The van der Waals surface area contributed by atoms with E-state index in [-0.39, 0.29) is 11.5 Å². The molecular weight excluding hydrogens is 330 g/mol. The molecule has 26 heavy (non-hydrogen) atoms.